The van der Waals surface area contributed by atoms with Gasteiger partial charge >= 0.3 is 0 Å². The summed E-state index contributed by atoms with van der Waals surface area (Å²) in [6, 6.07) is 7.69. The molecule has 1 aliphatic carbocycles. The number of hydrogen-bond acceptors (Lipinski definition) is 6. The molecule has 0 atom stereocenters. The molecule has 0 radical (unpaired) electrons. The van der Waals surface area contributed by atoms with E-state index in [9.17, 15) is 0 Å². The number of fused-ring (bicyclic) bond motifs is 1. The maximum Gasteiger partial charge on any atom is 0.253 e. The SMILES string of the molecule is COc1cccc2c(OCc3nnc(C4CCC4)o3)cc(C)nc12. The summed E-state index contributed by atoms with van der Waals surface area (Å²) < 4.78 is 17.0. The highest BCUT2D eigenvalue weighted by Crippen LogP contribution is 2.35. The minimum Gasteiger partial charge on any atom is -0.494 e. The number of para-hydroxylation sites is 1. The summed E-state index contributed by atoms with van der Waals surface area (Å²) in [6.45, 7) is 2.18. The number of aryl methyl sites for hydroxylation is 1. The highest BCUT2D eigenvalue weighted by molar-refractivity contribution is 5.89. The van der Waals surface area contributed by atoms with Crippen LogP contribution in [0.5, 0.6) is 11.5 Å². The van der Waals surface area contributed by atoms with Crippen LogP contribution in [0.4, 0.5) is 0 Å². The number of ether oxygens (including phenoxy) is 2. The molecule has 0 N–H and O–H groups in total. The van der Waals surface area contributed by atoms with Crippen LogP contribution >= 0.6 is 0 Å². The molecule has 0 amide bonds. The van der Waals surface area contributed by atoms with Crippen molar-refractivity contribution in [1.29, 1.82) is 0 Å². The molecule has 1 aliphatic rings. The van der Waals surface area contributed by atoms with Gasteiger partial charge in [-0.05, 0) is 31.9 Å². The van der Waals surface area contributed by atoms with Crippen molar-refractivity contribution in [3.63, 3.8) is 0 Å². The van der Waals surface area contributed by atoms with Crippen LogP contribution < -0.4 is 9.47 Å². The van der Waals surface area contributed by atoms with Gasteiger partial charge in [0.15, 0.2) is 6.61 Å². The number of nitrogens with zero attached hydrogens (tertiary/aromatic N) is 3. The number of rotatable bonds is 5. The van der Waals surface area contributed by atoms with E-state index in [-0.39, 0.29) is 6.61 Å². The fraction of sp³-hybridized carbons (Fsp3) is 0.389. The second-order valence-electron chi connectivity index (χ2n) is 6.07. The van der Waals surface area contributed by atoms with Gasteiger partial charge in [-0.25, -0.2) is 4.98 Å². The Hall–Kier alpha value is -2.63. The number of pyridine rings is 1. The van der Waals surface area contributed by atoms with Crippen LogP contribution in [0, 0.1) is 6.92 Å². The van der Waals surface area contributed by atoms with Crippen molar-refractivity contribution in [1.82, 2.24) is 15.2 Å². The molecule has 3 aromatic rings. The second kappa shape index (κ2) is 6.11. The fourth-order valence-corrected chi connectivity index (χ4v) is 2.88. The third-order valence-corrected chi connectivity index (χ3v) is 4.40. The van der Waals surface area contributed by atoms with Gasteiger partial charge in [-0.15, -0.1) is 10.2 Å². The molecule has 0 bridgehead atoms. The van der Waals surface area contributed by atoms with E-state index in [1.165, 1.54) is 6.42 Å². The Bertz CT molecular complexity index is 871. The van der Waals surface area contributed by atoms with Gasteiger partial charge in [0.25, 0.3) is 5.89 Å². The Morgan fingerprint density at radius 1 is 1.21 bits per heavy atom. The summed E-state index contributed by atoms with van der Waals surface area (Å²) in [5, 5.41) is 9.12. The first-order valence-corrected chi connectivity index (χ1v) is 8.14. The number of methoxy groups -OCH3 is 1. The smallest absolute Gasteiger partial charge is 0.253 e. The molecular formula is C18H19N3O3. The van der Waals surface area contributed by atoms with Crippen LogP contribution in [0.25, 0.3) is 10.9 Å². The van der Waals surface area contributed by atoms with Gasteiger partial charge in [0, 0.05) is 23.1 Å². The molecule has 6 nitrogen and oxygen atoms in total. The van der Waals surface area contributed by atoms with Gasteiger partial charge < -0.3 is 13.9 Å². The summed E-state index contributed by atoms with van der Waals surface area (Å²) in [6.07, 6.45) is 3.51. The zero-order valence-corrected chi connectivity index (χ0v) is 13.8. The minimum atomic E-state index is 0.246. The predicted molar refractivity (Wildman–Crippen MR) is 88.3 cm³/mol. The van der Waals surface area contributed by atoms with Crippen molar-refractivity contribution in [3.05, 3.63) is 41.7 Å². The Balaban J connectivity index is 1.58. The minimum absolute atomic E-state index is 0.246. The van der Waals surface area contributed by atoms with Crippen molar-refractivity contribution < 1.29 is 13.9 Å². The van der Waals surface area contributed by atoms with E-state index < -0.39 is 0 Å². The van der Waals surface area contributed by atoms with E-state index in [0.717, 1.165) is 46.8 Å². The Kier molecular flexibility index (Phi) is 3.80. The summed E-state index contributed by atoms with van der Waals surface area (Å²) in [5.74, 6) is 3.13. The molecule has 1 fully saturated rings. The lowest BCUT2D eigenvalue weighted by Gasteiger charge is -2.20. The molecule has 0 saturated heterocycles. The van der Waals surface area contributed by atoms with Crippen LogP contribution in [-0.2, 0) is 6.61 Å². The van der Waals surface area contributed by atoms with Gasteiger partial charge in [-0.1, -0.05) is 12.5 Å². The van der Waals surface area contributed by atoms with Gasteiger partial charge in [0.2, 0.25) is 5.89 Å². The van der Waals surface area contributed by atoms with Crippen LogP contribution in [0.1, 0.15) is 42.7 Å². The van der Waals surface area contributed by atoms with Crippen LogP contribution in [0.2, 0.25) is 0 Å². The van der Waals surface area contributed by atoms with E-state index in [4.69, 9.17) is 13.9 Å². The average Bonchev–Trinajstić information content (AvgIpc) is 2.98. The molecule has 4 rings (SSSR count). The zero-order chi connectivity index (χ0) is 16.5. The lowest BCUT2D eigenvalue weighted by atomic mass is 9.85. The van der Waals surface area contributed by atoms with Crippen molar-refractivity contribution >= 4 is 10.9 Å². The maximum atomic E-state index is 5.94. The summed E-state index contributed by atoms with van der Waals surface area (Å²) in [4.78, 5) is 4.55. The molecule has 2 heterocycles. The number of aromatic nitrogens is 3. The van der Waals surface area contributed by atoms with Gasteiger partial charge in [0.1, 0.15) is 17.0 Å². The normalized spacial score (nSPS) is 14.6. The van der Waals surface area contributed by atoms with Crippen molar-refractivity contribution in [2.24, 2.45) is 0 Å². The highest BCUT2D eigenvalue weighted by atomic mass is 16.5. The summed E-state index contributed by atoms with van der Waals surface area (Å²) >= 11 is 0. The van der Waals surface area contributed by atoms with E-state index in [2.05, 4.69) is 15.2 Å². The predicted octanol–water partition coefficient (Wildman–Crippen LogP) is 3.78. The second-order valence-corrected chi connectivity index (χ2v) is 6.07. The van der Waals surface area contributed by atoms with Gasteiger partial charge in [-0.2, -0.15) is 0 Å². The lowest BCUT2D eigenvalue weighted by Crippen LogP contribution is -2.08. The molecule has 24 heavy (non-hydrogen) atoms. The van der Waals surface area contributed by atoms with E-state index >= 15 is 0 Å². The van der Waals surface area contributed by atoms with Crippen LogP contribution in [-0.4, -0.2) is 22.3 Å². The lowest BCUT2D eigenvalue weighted by molar-refractivity contribution is 0.249. The quantitative estimate of drug-likeness (QED) is 0.711. The molecule has 0 spiro atoms. The molecule has 124 valence electrons. The Morgan fingerprint density at radius 2 is 2.08 bits per heavy atom. The molecular weight excluding hydrogens is 306 g/mol. The molecule has 2 aromatic heterocycles. The largest absolute Gasteiger partial charge is 0.494 e. The Labute approximate surface area is 139 Å². The van der Waals surface area contributed by atoms with Gasteiger partial charge in [-0.3, -0.25) is 0 Å². The molecule has 0 aliphatic heterocycles. The highest BCUT2D eigenvalue weighted by Gasteiger charge is 2.25. The summed E-state index contributed by atoms with van der Waals surface area (Å²) in [5.41, 5.74) is 1.65. The monoisotopic (exact) mass is 325 g/mol. The first kappa shape index (κ1) is 14.9. The third kappa shape index (κ3) is 2.68. The van der Waals surface area contributed by atoms with E-state index in [1.54, 1.807) is 7.11 Å². The van der Waals surface area contributed by atoms with Crippen molar-refractivity contribution in [2.45, 2.75) is 38.7 Å². The molecule has 1 aromatic carbocycles. The average molecular weight is 325 g/mol. The topological polar surface area (TPSA) is 70.3 Å². The maximum absolute atomic E-state index is 5.94. The molecule has 6 heteroatoms. The van der Waals surface area contributed by atoms with Crippen LogP contribution in [0.3, 0.4) is 0 Å². The number of hydrogen-bond donors (Lipinski definition) is 0. The zero-order valence-electron chi connectivity index (χ0n) is 13.8. The third-order valence-electron chi connectivity index (χ3n) is 4.40. The van der Waals surface area contributed by atoms with Crippen LogP contribution in [0.15, 0.2) is 28.7 Å². The van der Waals surface area contributed by atoms with Gasteiger partial charge in [0.05, 0.1) is 7.11 Å². The first-order valence-electron chi connectivity index (χ1n) is 8.14. The Morgan fingerprint density at radius 3 is 2.83 bits per heavy atom. The first-order chi connectivity index (χ1) is 11.7. The fourth-order valence-electron chi connectivity index (χ4n) is 2.88. The van der Waals surface area contributed by atoms with E-state index in [0.29, 0.717) is 11.8 Å². The van der Waals surface area contributed by atoms with E-state index in [1.807, 2.05) is 31.2 Å². The van der Waals surface area contributed by atoms with Crippen molar-refractivity contribution in [2.75, 3.05) is 7.11 Å². The number of benzene rings is 1. The molecule has 1 saturated carbocycles. The molecule has 0 unspecified atom stereocenters. The van der Waals surface area contributed by atoms with Crippen molar-refractivity contribution in [3.8, 4) is 11.5 Å². The summed E-state index contributed by atoms with van der Waals surface area (Å²) in [7, 11) is 1.64. The standard InChI is InChI=1S/C18H19N3O3/c1-11-9-15(13-7-4-8-14(22-2)17(13)19-11)23-10-16-20-21-18(24-16)12-5-3-6-12/h4,7-9,12H,3,5-6,10H2,1-2H3.